The first-order valence-corrected chi connectivity index (χ1v) is 6.75. The molecule has 1 aromatic heterocycles. The molecule has 3 rings (SSSR count). The zero-order chi connectivity index (χ0) is 15.0. The molecule has 1 aliphatic heterocycles. The number of fused-ring (bicyclic) bond motifs is 1. The van der Waals surface area contributed by atoms with Gasteiger partial charge in [-0.25, -0.2) is 0 Å². The number of nitrogens with zero attached hydrogens (tertiary/aromatic N) is 2. The highest BCUT2D eigenvalue weighted by atomic mass is 16.5. The number of primary amides is 1. The second kappa shape index (κ2) is 5.05. The Morgan fingerprint density at radius 1 is 1.38 bits per heavy atom. The van der Waals surface area contributed by atoms with E-state index in [1.807, 2.05) is 6.07 Å². The zero-order valence-electron chi connectivity index (χ0n) is 11.6. The molecule has 0 atom stereocenters. The molecule has 1 aliphatic rings. The Kier molecular flexibility index (Phi) is 3.21. The van der Waals surface area contributed by atoms with Crippen LogP contribution in [0.15, 0.2) is 28.8 Å². The highest BCUT2D eigenvalue weighted by Gasteiger charge is 2.28. The third kappa shape index (κ3) is 2.29. The standard InChI is InChI=1S/C15H15N3O3/c1-9-8-13(21-17-9)15(20)18-7-3-5-10-11(14(16)19)4-2-6-12(10)18/h2,4,6,8H,3,5,7H2,1H3,(H2,16,19). The third-order valence-electron chi connectivity index (χ3n) is 3.60. The van der Waals surface area contributed by atoms with Gasteiger partial charge in [0.2, 0.25) is 11.7 Å². The largest absolute Gasteiger partial charge is 0.366 e. The molecule has 0 spiro atoms. The molecule has 0 aliphatic carbocycles. The van der Waals surface area contributed by atoms with Crippen LogP contribution in [0.1, 0.15) is 38.6 Å². The van der Waals surface area contributed by atoms with Crippen molar-refractivity contribution in [1.82, 2.24) is 5.16 Å². The molecule has 0 fully saturated rings. The summed E-state index contributed by atoms with van der Waals surface area (Å²) in [6.07, 6.45) is 1.50. The Hall–Kier alpha value is -2.63. The number of aromatic nitrogens is 1. The van der Waals surface area contributed by atoms with E-state index in [0.29, 0.717) is 17.8 Å². The summed E-state index contributed by atoms with van der Waals surface area (Å²) in [5, 5.41) is 3.74. The van der Waals surface area contributed by atoms with Crippen LogP contribution in [-0.4, -0.2) is 23.5 Å². The van der Waals surface area contributed by atoms with E-state index in [2.05, 4.69) is 5.16 Å². The van der Waals surface area contributed by atoms with Crippen LogP contribution in [-0.2, 0) is 6.42 Å². The highest BCUT2D eigenvalue weighted by molar-refractivity contribution is 6.06. The molecule has 2 heterocycles. The van der Waals surface area contributed by atoms with Gasteiger partial charge in [0, 0.05) is 23.9 Å². The number of hydrogen-bond donors (Lipinski definition) is 1. The lowest BCUT2D eigenvalue weighted by molar-refractivity contribution is 0.0946. The summed E-state index contributed by atoms with van der Waals surface area (Å²) < 4.78 is 5.04. The Bertz CT molecular complexity index is 721. The lowest BCUT2D eigenvalue weighted by atomic mass is 9.95. The molecule has 0 radical (unpaired) electrons. The van der Waals surface area contributed by atoms with Crippen molar-refractivity contribution in [2.45, 2.75) is 19.8 Å². The van der Waals surface area contributed by atoms with Crippen LogP contribution in [0.25, 0.3) is 0 Å². The average Bonchev–Trinajstić information content (AvgIpc) is 2.91. The molecule has 6 heteroatoms. The van der Waals surface area contributed by atoms with Crippen molar-refractivity contribution in [3.05, 3.63) is 46.8 Å². The van der Waals surface area contributed by atoms with E-state index in [-0.39, 0.29) is 11.7 Å². The van der Waals surface area contributed by atoms with Crippen molar-refractivity contribution < 1.29 is 14.1 Å². The summed E-state index contributed by atoms with van der Waals surface area (Å²) in [5.74, 6) is -0.528. The predicted octanol–water partition coefficient (Wildman–Crippen LogP) is 1.67. The molecule has 0 bridgehead atoms. The number of nitrogens with two attached hydrogens (primary N) is 1. The van der Waals surface area contributed by atoms with Crippen molar-refractivity contribution in [1.29, 1.82) is 0 Å². The van der Waals surface area contributed by atoms with Crippen LogP contribution in [0.4, 0.5) is 5.69 Å². The second-order valence-electron chi connectivity index (χ2n) is 5.06. The first kappa shape index (κ1) is 13.4. The SMILES string of the molecule is Cc1cc(C(=O)N2CCCc3c(C(N)=O)cccc32)on1. The Balaban J connectivity index is 2.03. The number of rotatable bonds is 2. The number of carbonyl (C=O) groups is 2. The molecule has 21 heavy (non-hydrogen) atoms. The Labute approximate surface area is 121 Å². The minimum absolute atomic E-state index is 0.199. The van der Waals surface area contributed by atoms with Gasteiger partial charge >= 0.3 is 0 Å². The van der Waals surface area contributed by atoms with Crippen molar-refractivity contribution in [3.8, 4) is 0 Å². The lowest BCUT2D eigenvalue weighted by Crippen LogP contribution is -2.36. The molecule has 1 aromatic carbocycles. The maximum atomic E-state index is 12.5. The summed E-state index contributed by atoms with van der Waals surface area (Å²) in [7, 11) is 0. The minimum Gasteiger partial charge on any atom is -0.366 e. The van der Waals surface area contributed by atoms with Crippen molar-refractivity contribution >= 4 is 17.5 Å². The summed E-state index contributed by atoms with van der Waals surface area (Å²) in [6.45, 7) is 2.34. The maximum absolute atomic E-state index is 12.5. The predicted molar refractivity (Wildman–Crippen MR) is 76.2 cm³/mol. The van der Waals surface area contributed by atoms with Gasteiger partial charge in [-0.15, -0.1) is 0 Å². The molecule has 0 unspecified atom stereocenters. The van der Waals surface area contributed by atoms with Crippen molar-refractivity contribution in [2.24, 2.45) is 5.73 Å². The minimum atomic E-state index is -0.475. The fourth-order valence-corrected chi connectivity index (χ4v) is 2.66. The van der Waals surface area contributed by atoms with E-state index in [1.54, 1.807) is 30.0 Å². The molecule has 0 saturated heterocycles. The third-order valence-corrected chi connectivity index (χ3v) is 3.60. The molecule has 0 saturated carbocycles. The van der Waals surface area contributed by atoms with Gasteiger partial charge in [0.05, 0.1) is 5.69 Å². The van der Waals surface area contributed by atoms with Crippen LogP contribution in [0, 0.1) is 6.92 Å². The second-order valence-corrected chi connectivity index (χ2v) is 5.06. The Morgan fingerprint density at radius 2 is 2.19 bits per heavy atom. The molecule has 2 amide bonds. The van der Waals surface area contributed by atoms with Gasteiger partial charge < -0.3 is 15.2 Å². The Morgan fingerprint density at radius 3 is 2.86 bits per heavy atom. The molecular weight excluding hydrogens is 270 g/mol. The van der Waals surface area contributed by atoms with E-state index in [1.165, 1.54) is 0 Å². The average molecular weight is 285 g/mol. The smallest absolute Gasteiger partial charge is 0.296 e. The lowest BCUT2D eigenvalue weighted by Gasteiger charge is -2.29. The number of carbonyl (C=O) groups excluding carboxylic acids is 2. The van der Waals surface area contributed by atoms with E-state index in [9.17, 15) is 9.59 Å². The van der Waals surface area contributed by atoms with Crippen LogP contribution in [0.5, 0.6) is 0 Å². The fourth-order valence-electron chi connectivity index (χ4n) is 2.66. The fraction of sp³-hybridized carbons (Fsp3) is 0.267. The summed E-state index contributed by atoms with van der Waals surface area (Å²) in [6, 6.07) is 6.85. The number of benzene rings is 1. The van der Waals surface area contributed by atoms with Crippen molar-refractivity contribution in [2.75, 3.05) is 11.4 Å². The summed E-state index contributed by atoms with van der Waals surface area (Å²) >= 11 is 0. The number of aryl methyl sites for hydroxylation is 1. The topological polar surface area (TPSA) is 89.4 Å². The van der Waals surface area contributed by atoms with Crippen LogP contribution in [0.3, 0.4) is 0 Å². The van der Waals surface area contributed by atoms with Gasteiger partial charge in [-0.3, -0.25) is 9.59 Å². The number of anilines is 1. The van der Waals surface area contributed by atoms with Gasteiger partial charge in [0.15, 0.2) is 0 Å². The van der Waals surface area contributed by atoms with Crippen LogP contribution >= 0.6 is 0 Å². The first-order chi connectivity index (χ1) is 10.1. The van der Waals surface area contributed by atoms with E-state index >= 15 is 0 Å². The van der Waals surface area contributed by atoms with E-state index < -0.39 is 5.91 Å². The maximum Gasteiger partial charge on any atom is 0.296 e. The van der Waals surface area contributed by atoms with Gasteiger partial charge in [-0.2, -0.15) is 0 Å². The molecule has 108 valence electrons. The number of hydrogen-bond acceptors (Lipinski definition) is 4. The molecular formula is C15H15N3O3. The first-order valence-electron chi connectivity index (χ1n) is 6.75. The summed E-state index contributed by atoms with van der Waals surface area (Å²) in [4.78, 5) is 25.7. The highest BCUT2D eigenvalue weighted by Crippen LogP contribution is 2.31. The normalized spacial score (nSPS) is 13.9. The number of amides is 2. The van der Waals surface area contributed by atoms with Gasteiger partial charge in [0.25, 0.3) is 5.91 Å². The molecule has 6 nitrogen and oxygen atoms in total. The van der Waals surface area contributed by atoms with Gasteiger partial charge in [-0.1, -0.05) is 11.2 Å². The van der Waals surface area contributed by atoms with Crippen molar-refractivity contribution in [3.63, 3.8) is 0 Å². The van der Waals surface area contributed by atoms with E-state index in [0.717, 1.165) is 24.1 Å². The molecule has 2 N–H and O–H groups in total. The van der Waals surface area contributed by atoms with Crippen LogP contribution in [0.2, 0.25) is 0 Å². The van der Waals surface area contributed by atoms with Crippen LogP contribution < -0.4 is 10.6 Å². The van der Waals surface area contributed by atoms with Gasteiger partial charge in [-0.05, 0) is 37.5 Å². The van der Waals surface area contributed by atoms with E-state index in [4.69, 9.17) is 10.3 Å². The quantitative estimate of drug-likeness (QED) is 0.909. The monoisotopic (exact) mass is 285 g/mol. The van der Waals surface area contributed by atoms with Gasteiger partial charge in [0.1, 0.15) is 0 Å². The summed E-state index contributed by atoms with van der Waals surface area (Å²) in [5.41, 5.74) is 8.07. The molecule has 2 aromatic rings. The zero-order valence-corrected chi connectivity index (χ0v) is 11.6.